The standard InChI is InChI=1S/C19H21N5O3/c1-13-3-2-4-15(11-13)26-10-7-17-21-18(27-23-17)14-6-9-24(12-14)19(25)16-5-8-20-22-16/h2-5,8,11,14H,6-7,9-10,12H2,1H3,(H,20,22). The summed E-state index contributed by atoms with van der Waals surface area (Å²) < 4.78 is 11.1. The zero-order chi connectivity index (χ0) is 18.6. The summed E-state index contributed by atoms with van der Waals surface area (Å²) in [6, 6.07) is 9.59. The van der Waals surface area contributed by atoms with Crippen LogP contribution in [0, 0.1) is 6.92 Å². The number of aryl methyl sites for hydroxylation is 1. The lowest BCUT2D eigenvalue weighted by molar-refractivity contribution is 0.0783. The number of H-pyrrole nitrogens is 1. The molecule has 140 valence electrons. The van der Waals surface area contributed by atoms with E-state index in [1.54, 1.807) is 17.2 Å². The largest absolute Gasteiger partial charge is 0.493 e. The molecule has 1 saturated heterocycles. The molecular formula is C19H21N5O3. The van der Waals surface area contributed by atoms with Gasteiger partial charge >= 0.3 is 0 Å². The van der Waals surface area contributed by atoms with Crippen LogP contribution >= 0.6 is 0 Å². The van der Waals surface area contributed by atoms with E-state index in [0.29, 0.717) is 43.5 Å². The molecule has 3 aromatic rings. The van der Waals surface area contributed by atoms with Crippen LogP contribution in [0.2, 0.25) is 0 Å². The molecule has 8 heteroatoms. The molecule has 4 rings (SSSR count). The van der Waals surface area contributed by atoms with Crippen molar-refractivity contribution < 1.29 is 14.1 Å². The highest BCUT2D eigenvalue weighted by Gasteiger charge is 2.31. The first kappa shape index (κ1) is 17.3. The number of ether oxygens (including phenoxy) is 1. The fourth-order valence-corrected chi connectivity index (χ4v) is 3.19. The van der Waals surface area contributed by atoms with Crippen LogP contribution in [0.15, 0.2) is 41.1 Å². The van der Waals surface area contributed by atoms with E-state index in [-0.39, 0.29) is 11.8 Å². The molecule has 27 heavy (non-hydrogen) atoms. The third-order valence-electron chi connectivity index (χ3n) is 4.62. The third-order valence-corrected chi connectivity index (χ3v) is 4.62. The van der Waals surface area contributed by atoms with Gasteiger partial charge in [0.2, 0.25) is 5.89 Å². The minimum absolute atomic E-state index is 0.0544. The Morgan fingerprint density at radius 2 is 2.33 bits per heavy atom. The lowest BCUT2D eigenvalue weighted by Crippen LogP contribution is -2.28. The molecule has 1 aliphatic rings. The fraction of sp³-hybridized carbons (Fsp3) is 0.368. The summed E-state index contributed by atoms with van der Waals surface area (Å²) in [6.45, 7) is 3.74. The van der Waals surface area contributed by atoms with E-state index in [4.69, 9.17) is 9.26 Å². The number of hydrogen-bond acceptors (Lipinski definition) is 6. The van der Waals surface area contributed by atoms with Gasteiger partial charge in [-0.05, 0) is 37.1 Å². The number of hydrogen-bond donors (Lipinski definition) is 1. The number of rotatable bonds is 6. The minimum Gasteiger partial charge on any atom is -0.493 e. The molecule has 1 aromatic carbocycles. The number of nitrogens with one attached hydrogen (secondary N) is 1. The fourth-order valence-electron chi connectivity index (χ4n) is 3.19. The first-order valence-corrected chi connectivity index (χ1v) is 8.99. The average molecular weight is 367 g/mol. The predicted octanol–water partition coefficient (Wildman–Crippen LogP) is 2.35. The number of aromatic nitrogens is 4. The first-order valence-electron chi connectivity index (χ1n) is 8.99. The van der Waals surface area contributed by atoms with Gasteiger partial charge in [-0.2, -0.15) is 10.1 Å². The monoisotopic (exact) mass is 367 g/mol. The number of aromatic amines is 1. The minimum atomic E-state index is -0.0544. The van der Waals surface area contributed by atoms with Crippen molar-refractivity contribution in [3.8, 4) is 5.75 Å². The van der Waals surface area contributed by atoms with Gasteiger partial charge in [0.1, 0.15) is 11.4 Å². The van der Waals surface area contributed by atoms with Crippen LogP contribution in [0.25, 0.3) is 0 Å². The SMILES string of the molecule is Cc1cccc(OCCc2noc(C3CCN(C(=O)c4ccn[nH]4)C3)n2)c1. The van der Waals surface area contributed by atoms with Crippen molar-refractivity contribution in [2.24, 2.45) is 0 Å². The molecule has 2 aromatic heterocycles. The highest BCUT2D eigenvalue weighted by Crippen LogP contribution is 2.27. The van der Waals surface area contributed by atoms with Crippen LogP contribution < -0.4 is 4.74 Å². The summed E-state index contributed by atoms with van der Waals surface area (Å²) in [5.41, 5.74) is 1.65. The molecule has 0 spiro atoms. The van der Waals surface area contributed by atoms with Crippen molar-refractivity contribution in [2.75, 3.05) is 19.7 Å². The van der Waals surface area contributed by atoms with Crippen molar-refractivity contribution >= 4 is 5.91 Å². The molecule has 8 nitrogen and oxygen atoms in total. The molecule has 1 amide bonds. The van der Waals surface area contributed by atoms with Crippen LogP contribution in [-0.4, -0.2) is 50.8 Å². The van der Waals surface area contributed by atoms with Gasteiger partial charge in [-0.15, -0.1) is 0 Å². The third kappa shape index (κ3) is 3.99. The molecule has 1 aliphatic heterocycles. The lowest BCUT2D eigenvalue weighted by Gasteiger charge is -2.14. The molecule has 1 fully saturated rings. The topological polar surface area (TPSA) is 97.1 Å². The Labute approximate surface area is 156 Å². The maximum atomic E-state index is 12.4. The van der Waals surface area contributed by atoms with Crippen LogP contribution in [-0.2, 0) is 6.42 Å². The number of nitrogens with zero attached hydrogens (tertiary/aromatic N) is 4. The molecule has 1 unspecified atom stereocenters. The second-order valence-electron chi connectivity index (χ2n) is 6.67. The second kappa shape index (κ2) is 7.61. The summed E-state index contributed by atoms with van der Waals surface area (Å²) in [7, 11) is 0. The Balaban J connectivity index is 1.30. The highest BCUT2D eigenvalue weighted by molar-refractivity contribution is 5.92. The van der Waals surface area contributed by atoms with Crippen molar-refractivity contribution in [2.45, 2.75) is 25.7 Å². The van der Waals surface area contributed by atoms with E-state index in [9.17, 15) is 4.79 Å². The molecular weight excluding hydrogens is 346 g/mol. The summed E-state index contributed by atoms with van der Waals surface area (Å²) >= 11 is 0. The van der Waals surface area contributed by atoms with Crippen LogP contribution in [0.3, 0.4) is 0 Å². The molecule has 3 heterocycles. The smallest absolute Gasteiger partial charge is 0.271 e. The molecule has 0 radical (unpaired) electrons. The van der Waals surface area contributed by atoms with Gasteiger partial charge in [-0.25, -0.2) is 0 Å². The molecule has 1 atom stereocenters. The van der Waals surface area contributed by atoms with E-state index in [1.165, 1.54) is 0 Å². The van der Waals surface area contributed by atoms with Crippen LogP contribution in [0.1, 0.15) is 40.1 Å². The molecule has 0 aliphatic carbocycles. The van der Waals surface area contributed by atoms with Crippen molar-refractivity contribution in [3.63, 3.8) is 0 Å². The normalized spacial score (nSPS) is 16.6. The van der Waals surface area contributed by atoms with Gasteiger partial charge < -0.3 is 14.2 Å². The maximum absolute atomic E-state index is 12.4. The van der Waals surface area contributed by atoms with Crippen LogP contribution in [0.5, 0.6) is 5.75 Å². The van der Waals surface area contributed by atoms with Gasteiger partial charge in [0.15, 0.2) is 5.82 Å². The lowest BCUT2D eigenvalue weighted by atomic mass is 10.1. The second-order valence-corrected chi connectivity index (χ2v) is 6.67. The number of carbonyl (C=O) groups excluding carboxylic acids is 1. The maximum Gasteiger partial charge on any atom is 0.271 e. The van der Waals surface area contributed by atoms with E-state index in [0.717, 1.165) is 17.7 Å². The number of amides is 1. The summed E-state index contributed by atoms with van der Waals surface area (Å²) in [5.74, 6) is 2.05. The van der Waals surface area contributed by atoms with Gasteiger partial charge in [0.05, 0.1) is 12.5 Å². The number of carbonyl (C=O) groups is 1. The highest BCUT2D eigenvalue weighted by atomic mass is 16.5. The predicted molar refractivity (Wildman–Crippen MR) is 96.5 cm³/mol. The summed E-state index contributed by atoms with van der Waals surface area (Å²) in [4.78, 5) is 18.6. The van der Waals surface area contributed by atoms with E-state index < -0.39 is 0 Å². The zero-order valence-electron chi connectivity index (χ0n) is 15.1. The van der Waals surface area contributed by atoms with Crippen LogP contribution in [0.4, 0.5) is 0 Å². The Kier molecular flexibility index (Phi) is 4.86. The van der Waals surface area contributed by atoms with Crippen molar-refractivity contribution in [3.05, 3.63) is 59.5 Å². The Hall–Kier alpha value is -3.16. The molecule has 1 N–H and O–H groups in total. The average Bonchev–Trinajstić information content (AvgIpc) is 3.42. The van der Waals surface area contributed by atoms with Crippen molar-refractivity contribution in [1.29, 1.82) is 0 Å². The Morgan fingerprint density at radius 1 is 1.41 bits per heavy atom. The first-order chi connectivity index (χ1) is 13.2. The summed E-state index contributed by atoms with van der Waals surface area (Å²) in [5, 5.41) is 10.6. The number of likely N-dealkylation sites (tertiary alicyclic amines) is 1. The summed E-state index contributed by atoms with van der Waals surface area (Å²) in [6.07, 6.45) is 2.95. The van der Waals surface area contributed by atoms with Gasteiger partial charge in [0, 0.05) is 25.7 Å². The molecule has 0 saturated carbocycles. The number of benzene rings is 1. The van der Waals surface area contributed by atoms with E-state index >= 15 is 0 Å². The van der Waals surface area contributed by atoms with Gasteiger partial charge in [-0.3, -0.25) is 9.89 Å². The van der Waals surface area contributed by atoms with Gasteiger partial charge in [0.25, 0.3) is 5.91 Å². The zero-order valence-corrected chi connectivity index (χ0v) is 15.1. The van der Waals surface area contributed by atoms with E-state index in [1.807, 2.05) is 31.2 Å². The quantitative estimate of drug-likeness (QED) is 0.718. The van der Waals surface area contributed by atoms with E-state index in [2.05, 4.69) is 20.3 Å². The van der Waals surface area contributed by atoms with Gasteiger partial charge in [-0.1, -0.05) is 17.3 Å². The molecule has 0 bridgehead atoms. The Morgan fingerprint density at radius 3 is 3.15 bits per heavy atom. The Bertz CT molecular complexity index is 906. The van der Waals surface area contributed by atoms with Crippen molar-refractivity contribution in [1.82, 2.24) is 25.2 Å².